The van der Waals surface area contributed by atoms with E-state index in [1.807, 2.05) is 24.6 Å². The molecule has 0 saturated heterocycles. The van der Waals surface area contributed by atoms with E-state index in [0.29, 0.717) is 62.9 Å². The molecule has 0 bridgehead atoms. The van der Waals surface area contributed by atoms with Gasteiger partial charge in [0, 0.05) is 78.9 Å². The highest BCUT2D eigenvalue weighted by Gasteiger charge is 2.36. The van der Waals surface area contributed by atoms with Gasteiger partial charge in [0.1, 0.15) is 62.3 Å². The Bertz CT molecular complexity index is 3290. The minimum absolute atomic E-state index is 0.00536. The number of imidazole rings is 1. The molecule has 488 valence electrons. The van der Waals surface area contributed by atoms with Gasteiger partial charge in [0.05, 0.1) is 41.5 Å². The first-order valence-corrected chi connectivity index (χ1v) is 32.3. The molecule has 29 nitrogen and oxygen atoms in total. The van der Waals surface area contributed by atoms with E-state index in [1.54, 1.807) is 17.5 Å². The summed E-state index contributed by atoms with van der Waals surface area (Å²) >= 11 is 4.11. The quantitative estimate of drug-likeness (QED) is 0.0229. The average Bonchev–Trinajstić information content (AvgIpc) is 1.43. The maximum absolute atomic E-state index is 14.5. The normalized spacial score (nSPS) is 13.8. The smallest absolute Gasteiger partial charge is 0.271 e. The van der Waals surface area contributed by atoms with Gasteiger partial charge in [-0.3, -0.25) is 33.6 Å². The fourth-order valence-corrected chi connectivity index (χ4v) is 11.6. The van der Waals surface area contributed by atoms with Crippen molar-refractivity contribution in [3.05, 3.63) is 92.0 Å². The third kappa shape index (κ3) is 22.5. The van der Waals surface area contributed by atoms with Crippen LogP contribution in [0.4, 0.5) is 5.82 Å². The number of H-pyrrole nitrogens is 1. The van der Waals surface area contributed by atoms with Crippen LogP contribution in [0, 0.1) is 18.8 Å². The van der Waals surface area contributed by atoms with Crippen molar-refractivity contribution in [2.45, 2.75) is 122 Å². The molecule has 7 amide bonds. The minimum Gasteiger partial charge on any atom is -0.508 e. The van der Waals surface area contributed by atoms with Crippen molar-refractivity contribution >= 4 is 81.2 Å². The van der Waals surface area contributed by atoms with Crippen LogP contribution in [-0.2, 0) is 43.2 Å². The molecule has 6 rings (SSSR count). The lowest BCUT2D eigenvalue weighted by Crippen LogP contribution is -2.57. The summed E-state index contributed by atoms with van der Waals surface area (Å²) in [7, 11) is 0. The molecule has 90 heavy (non-hydrogen) atoms. The summed E-state index contributed by atoms with van der Waals surface area (Å²) in [6, 6.07) is 0.382. The van der Waals surface area contributed by atoms with Crippen molar-refractivity contribution in [2.75, 3.05) is 58.1 Å². The van der Waals surface area contributed by atoms with Gasteiger partial charge >= 0.3 is 0 Å². The average molecular weight is 1300 g/mol. The van der Waals surface area contributed by atoms with Crippen molar-refractivity contribution in [1.29, 1.82) is 0 Å². The standard InChI is InChI=1S/C58H84N20O9S3/c1-31(2)21-38(72-55(86)41(23-35-25-66-30-70-35)74-56(87)47-32(3)49(62)78-51(77-47)39(24-45(61)80)69-26-37(60)50(63)82)48(81)33(4)52(83)73-40(22-34-9-11-36(79)12-10-34)53(84)68-20-13-46-71-43(28-88-46)57-76-44(29-90-57)58-75-42(27-89-58)54(85)67-19-8-18-65-16-6-5-15-64-17-7-14-59/h9-12,25,27-31,33,37-41,48,64-65,69,79,81H,5-8,13-24,26,59-60H2,1-4H3,(H2,61,80)(H2,63,82)(H,66,70)(H,67,85)(H,68,84)(H,72,86)(H,73,83)(H,74,87)(H2,62,77,78)/t33-,37-,38+,39-,40-,41-,48-/m0/s1. The number of aromatic hydroxyl groups is 1. The Hall–Kier alpha value is -7.95. The zero-order chi connectivity index (χ0) is 65.3. The Morgan fingerprint density at radius 1 is 0.711 bits per heavy atom. The van der Waals surface area contributed by atoms with E-state index in [2.05, 4.69) is 67.5 Å². The highest BCUT2D eigenvalue weighted by Crippen LogP contribution is 2.32. The van der Waals surface area contributed by atoms with Crippen molar-refractivity contribution in [3.63, 3.8) is 0 Å². The lowest BCUT2D eigenvalue weighted by atomic mass is 9.90. The van der Waals surface area contributed by atoms with Crippen molar-refractivity contribution < 1.29 is 43.8 Å². The van der Waals surface area contributed by atoms with E-state index in [1.165, 1.54) is 72.5 Å². The molecule has 0 fully saturated rings. The number of nitrogens with one attached hydrogen (secondary N) is 9. The number of hydrogen-bond donors (Lipinski definition) is 16. The number of nitrogen functional groups attached to an aromatic ring is 1. The molecule has 32 heteroatoms. The van der Waals surface area contributed by atoms with Crippen molar-refractivity contribution in [2.24, 2.45) is 34.8 Å². The number of amides is 7. The number of aliphatic hydroxyl groups is 1. The molecule has 0 radical (unpaired) electrons. The first kappa shape index (κ1) is 71.1. The number of phenols is 1. The number of aliphatic hydroxyl groups excluding tert-OH is 1. The predicted octanol–water partition coefficient (Wildman–Crippen LogP) is 0.202. The zero-order valence-electron chi connectivity index (χ0n) is 50.9. The van der Waals surface area contributed by atoms with Gasteiger partial charge in [0.25, 0.3) is 11.8 Å². The molecular formula is C58H84N20O9S3. The molecule has 0 spiro atoms. The third-order valence-corrected chi connectivity index (χ3v) is 16.9. The van der Waals surface area contributed by atoms with Crippen LogP contribution in [0.15, 0.2) is 52.9 Å². The SMILES string of the molecule is Cc1c(N)nc([C@H](CC(N)=O)NC[C@H](N)C(N)=O)nc1C(=O)N[C@@H](Cc1cnc[nH]1)C(=O)N[C@H](CC(C)C)[C@@H](O)[C@H](C)C(=O)N[C@@H](Cc1ccc(O)cc1)C(=O)NCCc1nc(-c2nc(-c3nc(C(=O)NCCCNCCCCNCCCN)cs3)cs2)cs1. The van der Waals surface area contributed by atoms with E-state index in [-0.39, 0.29) is 79.2 Å². The van der Waals surface area contributed by atoms with Crippen LogP contribution < -0.4 is 71.2 Å². The zero-order valence-corrected chi connectivity index (χ0v) is 53.3. The number of primary amides is 2. The topological polar surface area (TPSA) is 479 Å². The van der Waals surface area contributed by atoms with Crippen molar-refractivity contribution in [3.8, 4) is 27.2 Å². The summed E-state index contributed by atoms with van der Waals surface area (Å²) < 4.78 is 0. The molecule has 5 heterocycles. The minimum atomic E-state index is -1.52. The highest BCUT2D eigenvalue weighted by atomic mass is 32.1. The lowest BCUT2D eigenvalue weighted by Gasteiger charge is -2.31. The van der Waals surface area contributed by atoms with E-state index in [0.717, 1.165) is 51.9 Å². The summed E-state index contributed by atoms with van der Waals surface area (Å²) in [6.45, 7) is 11.5. The Kier molecular flexibility index (Phi) is 28.5. The monoisotopic (exact) mass is 1300 g/mol. The molecule has 5 aromatic heterocycles. The Morgan fingerprint density at radius 3 is 2.06 bits per heavy atom. The first-order valence-electron chi connectivity index (χ1n) is 29.7. The van der Waals surface area contributed by atoms with Crippen LogP contribution in [0.1, 0.15) is 114 Å². The number of phenolic OH excluding ortho intramolecular Hbond substituents is 1. The number of aromatic nitrogens is 7. The molecular weight excluding hydrogens is 1220 g/mol. The number of unbranched alkanes of at least 4 members (excludes halogenated alkanes) is 1. The predicted molar refractivity (Wildman–Crippen MR) is 343 cm³/mol. The molecule has 0 aliphatic rings. The number of anilines is 1. The summed E-state index contributed by atoms with van der Waals surface area (Å²) in [5.41, 5.74) is 30.9. The summed E-state index contributed by atoms with van der Waals surface area (Å²) in [5.74, 6) is -6.30. The summed E-state index contributed by atoms with van der Waals surface area (Å²) in [5, 5.41) is 53.3. The molecule has 6 aromatic rings. The molecule has 1 aromatic carbocycles. The third-order valence-electron chi connectivity index (χ3n) is 14.3. The van der Waals surface area contributed by atoms with Crippen molar-refractivity contribution in [1.82, 2.24) is 77.4 Å². The fourth-order valence-electron chi connectivity index (χ4n) is 9.17. The van der Waals surface area contributed by atoms with Gasteiger partial charge in [0.15, 0.2) is 0 Å². The number of carbonyl (C=O) groups is 7. The van der Waals surface area contributed by atoms with Gasteiger partial charge in [-0.15, -0.1) is 34.0 Å². The van der Waals surface area contributed by atoms with Crippen LogP contribution in [0.5, 0.6) is 5.75 Å². The van der Waals surface area contributed by atoms with Gasteiger partial charge in [-0.2, -0.15) is 0 Å². The second-order valence-corrected chi connectivity index (χ2v) is 24.7. The molecule has 7 atom stereocenters. The van der Waals surface area contributed by atoms with Gasteiger partial charge in [-0.1, -0.05) is 32.9 Å². The van der Waals surface area contributed by atoms with Gasteiger partial charge in [-0.05, 0) is 95.4 Å². The van der Waals surface area contributed by atoms with E-state index < -0.39 is 77.7 Å². The Balaban J connectivity index is 1.06. The molecule has 0 saturated carbocycles. The van der Waals surface area contributed by atoms with Crippen LogP contribution >= 0.6 is 34.0 Å². The summed E-state index contributed by atoms with van der Waals surface area (Å²) in [4.78, 5) is 123. The first-order chi connectivity index (χ1) is 43.1. The Morgan fingerprint density at radius 2 is 1.38 bits per heavy atom. The molecule has 0 aliphatic carbocycles. The lowest BCUT2D eigenvalue weighted by molar-refractivity contribution is -0.134. The number of thiazole rings is 3. The number of nitrogens with zero attached hydrogens (tertiary/aromatic N) is 6. The second-order valence-electron chi connectivity index (χ2n) is 22.0. The van der Waals surface area contributed by atoms with Gasteiger partial charge in [0.2, 0.25) is 29.5 Å². The number of carbonyl (C=O) groups excluding carboxylic acids is 7. The van der Waals surface area contributed by atoms with Gasteiger partial charge in [-0.25, -0.2) is 29.9 Å². The number of hydrogen-bond acceptors (Lipinski definition) is 24. The number of nitrogens with two attached hydrogens (primary N) is 5. The number of rotatable bonds is 40. The molecule has 0 unspecified atom stereocenters. The van der Waals surface area contributed by atoms with Gasteiger partial charge < -0.3 is 86.4 Å². The largest absolute Gasteiger partial charge is 0.508 e. The van der Waals surface area contributed by atoms with E-state index >= 15 is 0 Å². The maximum atomic E-state index is 14.5. The second kappa shape index (κ2) is 36.0. The fraction of sp³-hybridized carbons (Fsp3) is 0.500. The van der Waals surface area contributed by atoms with Crippen LogP contribution in [0.25, 0.3) is 21.4 Å². The highest BCUT2D eigenvalue weighted by molar-refractivity contribution is 7.16. The molecule has 21 N–H and O–H groups in total. The van der Waals surface area contributed by atoms with E-state index in [4.69, 9.17) is 38.6 Å². The van der Waals surface area contributed by atoms with Crippen LogP contribution in [-0.4, -0.2) is 169 Å². The number of benzene rings is 1. The number of aromatic amines is 1. The van der Waals surface area contributed by atoms with Crippen LogP contribution in [0.2, 0.25) is 0 Å². The Labute approximate surface area is 533 Å². The van der Waals surface area contributed by atoms with Crippen LogP contribution in [0.3, 0.4) is 0 Å². The summed E-state index contributed by atoms with van der Waals surface area (Å²) in [6.07, 6.45) is 5.27. The van der Waals surface area contributed by atoms with E-state index in [9.17, 15) is 43.8 Å². The molecule has 0 aliphatic heterocycles. The maximum Gasteiger partial charge on any atom is 0.271 e.